The molecule has 1 aromatic rings. The number of amides is 1. The fourth-order valence-electron chi connectivity index (χ4n) is 8.36. The molecule has 29 heavy (non-hydrogen) atoms. The molecule has 158 valence electrons. The van der Waals surface area contributed by atoms with Gasteiger partial charge < -0.3 is 9.64 Å². The molecule has 3 nitrogen and oxygen atoms in total. The van der Waals surface area contributed by atoms with Gasteiger partial charge in [-0.2, -0.15) is 0 Å². The smallest absolute Gasteiger partial charge is 0.225 e. The molecule has 0 N–H and O–H groups in total. The van der Waals surface area contributed by atoms with Gasteiger partial charge in [-0.1, -0.05) is 45.4 Å². The number of hydrogen-bond donors (Lipinski definition) is 0. The molecule has 0 spiro atoms. The maximum absolute atomic E-state index is 12.9. The molecule has 3 heteroatoms. The summed E-state index contributed by atoms with van der Waals surface area (Å²) in [6, 6.07) is 10.2. The number of nitrogens with zero attached hydrogens (tertiary/aromatic N) is 1. The second kappa shape index (κ2) is 6.49. The predicted molar refractivity (Wildman–Crippen MR) is 115 cm³/mol. The number of carbonyl (C=O) groups excluding carboxylic acids is 1. The molecule has 0 aromatic heterocycles. The van der Waals surface area contributed by atoms with E-state index < -0.39 is 5.72 Å². The summed E-state index contributed by atoms with van der Waals surface area (Å²) < 4.78 is 6.89. The Labute approximate surface area is 176 Å². The normalized spacial score (nSPS) is 46.6. The first-order valence-corrected chi connectivity index (χ1v) is 11.8. The number of para-hydroxylation sites is 1. The summed E-state index contributed by atoms with van der Waals surface area (Å²) in [7, 11) is 2.00. The molecule has 5 rings (SSSR count). The Balaban J connectivity index is 1.59. The van der Waals surface area contributed by atoms with E-state index in [1.807, 2.05) is 42.3 Å². The van der Waals surface area contributed by atoms with Crippen molar-refractivity contribution in [2.24, 2.45) is 34.5 Å². The van der Waals surface area contributed by atoms with Gasteiger partial charge in [-0.25, -0.2) is 0 Å². The van der Waals surface area contributed by atoms with Crippen molar-refractivity contribution >= 4 is 5.91 Å². The van der Waals surface area contributed by atoms with E-state index in [9.17, 15) is 4.79 Å². The van der Waals surface area contributed by atoms with E-state index in [-0.39, 0.29) is 11.3 Å². The van der Waals surface area contributed by atoms with Crippen LogP contribution in [0.3, 0.4) is 0 Å². The highest BCUT2D eigenvalue weighted by molar-refractivity contribution is 5.78. The van der Waals surface area contributed by atoms with E-state index in [0.717, 1.165) is 30.4 Å². The summed E-state index contributed by atoms with van der Waals surface area (Å²) >= 11 is 0. The summed E-state index contributed by atoms with van der Waals surface area (Å²) in [4.78, 5) is 14.9. The van der Waals surface area contributed by atoms with Crippen LogP contribution in [0.1, 0.15) is 72.1 Å². The van der Waals surface area contributed by atoms with Crippen molar-refractivity contribution in [1.29, 1.82) is 0 Å². The Kier molecular flexibility index (Phi) is 4.35. The molecular formula is C26H37NO2. The van der Waals surface area contributed by atoms with Gasteiger partial charge in [-0.15, -0.1) is 0 Å². The van der Waals surface area contributed by atoms with Crippen molar-refractivity contribution in [3.05, 3.63) is 30.3 Å². The van der Waals surface area contributed by atoms with Crippen molar-refractivity contribution in [2.75, 3.05) is 7.05 Å². The molecule has 1 aromatic carbocycles. The van der Waals surface area contributed by atoms with E-state index in [1.54, 1.807) is 0 Å². The number of carbonyl (C=O) groups is 1. The van der Waals surface area contributed by atoms with Gasteiger partial charge in [0.25, 0.3) is 0 Å². The van der Waals surface area contributed by atoms with Gasteiger partial charge >= 0.3 is 0 Å². The van der Waals surface area contributed by atoms with Gasteiger partial charge in [0.05, 0.1) is 0 Å². The SMILES string of the molecule is CC1CC2(Oc3ccccc3)N(C)C(=O)CC[C@]2(C)[C@@H]2CC[C@]3(C)CCC[C@H]3[C@H]12. The highest BCUT2D eigenvalue weighted by Crippen LogP contribution is 2.68. The fourth-order valence-corrected chi connectivity index (χ4v) is 8.36. The van der Waals surface area contributed by atoms with Crippen LogP contribution in [0.2, 0.25) is 0 Å². The van der Waals surface area contributed by atoms with Crippen molar-refractivity contribution in [2.45, 2.75) is 77.9 Å². The third-order valence-corrected chi connectivity index (χ3v) is 9.88. The summed E-state index contributed by atoms with van der Waals surface area (Å²) in [5.41, 5.74) is 0.0195. The van der Waals surface area contributed by atoms with Gasteiger partial charge in [0, 0.05) is 25.3 Å². The molecule has 1 saturated heterocycles. The Morgan fingerprint density at radius 3 is 2.55 bits per heavy atom. The van der Waals surface area contributed by atoms with E-state index >= 15 is 0 Å². The molecule has 1 heterocycles. The first-order chi connectivity index (χ1) is 13.8. The van der Waals surface area contributed by atoms with Gasteiger partial charge in [0.1, 0.15) is 5.75 Å². The average Bonchev–Trinajstić information content (AvgIpc) is 3.10. The lowest BCUT2D eigenvalue weighted by molar-refractivity contribution is -0.260. The minimum atomic E-state index is -0.531. The molecule has 4 aliphatic rings. The Morgan fingerprint density at radius 1 is 1.03 bits per heavy atom. The summed E-state index contributed by atoms with van der Waals surface area (Å²) in [5.74, 6) is 3.98. The van der Waals surface area contributed by atoms with Crippen LogP contribution in [-0.4, -0.2) is 23.6 Å². The topological polar surface area (TPSA) is 29.5 Å². The Hall–Kier alpha value is -1.51. The largest absolute Gasteiger partial charge is 0.467 e. The van der Waals surface area contributed by atoms with E-state index in [2.05, 4.69) is 20.8 Å². The second-order valence-electron chi connectivity index (χ2n) is 11.1. The second-order valence-corrected chi connectivity index (χ2v) is 11.1. The lowest BCUT2D eigenvalue weighted by atomic mass is 9.44. The summed E-state index contributed by atoms with van der Waals surface area (Å²) in [6.07, 6.45) is 9.42. The van der Waals surface area contributed by atoms with Crippen LogP contribution in [0.5, 0.6) is 5.75 Å². The van der Waals surface area contributed by atoms with Crippen LogP contribution >= 0.6 is 0 Å². The number of hydrogen-bond acceptors (Lipinski definition) is 2. The molecule has 3 aliphatic carbocycles. The van der Waals surface area contributed by atoms with Crippen molar-refractivity contribution in [3.8, 4) is 5.75 Å². The van der Waals surface area contributed by atoms with Crippen molar-refractivity contribution < 1.29 is 9.53 Å². The fraction of sp³-hybridized carbons (Fsp3) is 0.731. The van der Waals surface area contributed by atoms with Crippen molar-refractivity contribution in [3.63, 3.8) is 0 Å². The highest BCUT2D eigenvalue weighted by atomic mass is 16.5. The lowest BCUT2D eigenvalue weighted by Crippen LogP contribution is -2.73. The number of piperidine rings is 1. The number of benzene rings is 1. The molecule has 3 saturated carbocycles. The van der Waals surface area contributed by atoms with Crippen LogP contribution in [-0.2, 0) is 4.79 Å². The van der Waals surface area contributed by atoms with E-state index in [0.29, 0.717) is 23.7 Å². The van der Waals surface area contributed by atoms with Crippen LogP contribution in [0, 0.1) is 34.5 Å². The lowest BCUT2D eigenvalue weighted by Gasteiger charge is -2.67. The van der Waals surface area contributed by atoms with Gasteiger partial charge in [0.2, 0.25) is 5.91 Å². The number of likely N-dealkylation sites (tertiary alicyclic amines) is 1. The molecule has 7 atom stereocenters. The van der Waals surface area contributed by atoms with Crippen LogP contribution < -0.4 is 4.74 Å². The van der Waals surface area contributed by atoms with Gasteiger partial charge in [-0.05, 0) is 73.3 Å². The number of rotatable bonds is 2. The zero-order valence-electron chi connectivity index (χ0n) is 18.6. The average molecular weight is 396 g/mol. The molecule has 0 bridgehead atoms. The Morgan fingerprint density at radius 2 is 1.79 bits per heavy atom. The quantitative estimate of drug-likeness (QED) is 0.624. The molecule has 2 unspecified atom stereocenters. The third-order valence-electron chi connectivity index (χ3n) is 9.88. The van der Waals surface area contributed by atoms with Crippen molar-refractivity contribution in [1.82, 2.24) is 4.90 Å². The summed E-state index contributed by atoms with van der Waals surface area (Å²) in [6.45, 7) is 7.47. The van der Waals surface area contributed by atoms with Gasteiger partial charge in [0.15, 0.2) is 5.72 Å². The first kappa shape index (κ1) is 19.5. The van der Waals surface area contributed by atoms with Crippen LogP contribution in [0.25, 0.3) is 0 Å². The summed E-state index contributed by atoms with van der Waals surface area (Å²) in [5, 5.41) is 0. The minimum Gasteiger partial charge on any atom is -0.467 e. The zero-order valence-corrected chi connectivity index (χ0v) is 18.6. The highest BCUT2D eigenvalue weighted by Gasteiger charge is 2.68. The van der Waals surface area contributed by atoms with E-state index in [4.69, 9.17) is 4.74 Å². The monoisotopic (exact) mass is 395 g/mol. The molecule has 1 aliphatic heterocycles. The Bertz CT molecular complexity index is 793. The number of ether oxygens (including phenoxy) is 1. The van der Waals surface area contributed by atoms with Crippen LogP contribution in [0.15, 0.2) is 30.3 Å². The maximum atomic E-state index is 12.9. The van der Waals surface area contributed by atoms with Crippen LogP contribution in [0.4, 0.5) is 0 Å². The molecule has 0 radical (unpaired) electrons. The maximum Gasteiger partial charge on any atom is 0.225 e. The molecule has 1 amide bonds. The van der Waals surface area contributed by atoms with E-state index in [1.165, 1.54) is 32.1 Å². The number of fused-ring (bicyclic) bond motifs is 5. The minimum absolute atomic E-state index is 0.00655. The standard InChI is InChI=1S/C26H37NO2/c1-18-17-26(29-19-9-6-5-7-10-19)25(3,16-13-22(28)27(26)4)21-12-15-24(2)14-8-11-20(24)23(18)21/h5-7,9-10,18,20-21,23H,8,11-17H2,1-4H3/t18?,20-,21+,23-,24-,25+,26?/m0/s1. The predicted octanol–water partition coefficient (Wildman–Crippen LogP) is 5.89. The molecule has 4 fully saturated rings. The molecular weight excluding hydrogens is 358 g/mol. The zero-order chi connectivity index (χ0) is 20.4. The third kappa shape index (κ3) is 2.58. The van der Waals surface area contributed by atoms with Gasteiger partial charge in [-0.3, -0.25) is 4.79 Å². The first-order valence-electron chi connectivity index (χ1n) is 11.8.